The Bertz CT molecular complexity index is 711. The van der Waals surface area contributed by atoms with Crippen LogP contribution in [0.1, 0.15) is 28.2 Å². The molecule has 22 heavy (non-hydrogen) atoms. The maximum absolute atomic E-state index is 12.7. The van der Waals surface area contributed by atoms with E-state index in [1.165, 1.54) is 16.2 Å². The lowest BCUT2D eigenvalue weighted by molar-refractivity contribution is -0.141. The molecule has 6 heteroatoms. The van der Waals surface area contributed by atoms with Gasteiger partial charge in [-0.15, -0.1) is 11.3 Å². The van der Waals surface area contributed by atoms with Gasteiger partial charge in [-0.05, 0) is 19.8 Å². The zero-order valence-electron chi connectivity index (χ0n) is 12.2. The number of carboxylic acid groups (broad SMARTS) is 1. The fraction of sp³-hybridized carbons (Fsp3) is 0.312. The molecule has 0 saturated carbocycles. The smallest absolute Gasteiger partial charge is 0.326 e. The minimum Gasteiger partial charge on any atom is -0.480 e. The van der Waals surface area contributed by atoms with Crippen LogP contribution < -0.4 is 0 Å². The monoisotopic (exact) mass is 316 g/mol. The number of hydrogen-bond acceptors (Lipinski definition) is 4. The number of likely N-dealkylation sites (tertiary alicyclic amines) is 1. The predicted octanol–water partition coefficient (Wildman–Crippen LogP) is 2.81. The fourth-order valence-electron chi connectivity index (χ4n) is 2.70. The molecular weight excluding hydrogens is 300 g/mol. The highest BCUT2D eigenvalue weighted by Crippen LogP contribution is 2.30. The van der Waals surface area contributed by atoms with Crippen molar-refractivity contribution in [3.05, 3.63) is 40.9 Å². The highest BCUT2D eigenvalue weighted by atomic mass is 32.1. The summed E-state index contributed by atoms with van der Waals surface area (Å²) in [5.41, 5.74) is 1.62. The van der Waals surface area contributed by atoms with Crippen LogP contribution in [0.4, 0.5) is 0 Å². The number of nitrogens with zero attached hydrogens (tertiary/aromatic N) is 2. The van der Waals surface area contributed by atoms with E-state index in [9.17, 15) is 14.7 Å². The van der Waals surface area contributed by atoms with E-state index in [0.29, 0.717) is 23.5 Å². The highest BCUT2D eigenvalue weighted by molar-refractivity contribution is 7.17. The minimum absolute atomic E-state index is 0.220. The van der Waals surface area contributed by atoms with E-state index in [1.54, 1.807) is 6.92 Å². The van der Waals surface area contributed by atoms with Crippen molar-refractivity contribution < 1.29 is 14.7 Å². The van der Waals surface area contributed by atoms with Crippen LogP contribution in [0.3, 0.4) is 0 Å². The molecule has 0 radical (unpaired) electrons. The molecule has 114 valence electrons. The van der Waals surface area contributed by atoms with Gasteiger partial charge in [-0.25, -0.2) is 9.78 Å². The standard InChI is InChI=1S/C16H16N2O3S/c1-10-13(15(19)18-9-5-8-12(18)16(20)21)22-14(17-10)11-6-3-2-4-7-11/h2-4,6-7,12H,5,8-9H2,1H3,(H,20,21). The number of thiazole rings is 1. The molecular formula is C16H16N2O3S. The number of benzene rings is 1. The number of amides is 1. The summed E-state index contributed by atoms with van der Waals surface area (Å²) in [5.74, 6) is -1.15. The number of aryl methyl sites for hydroxylation is 1. The van der Waals surface area contributed by atoms with Gasteiger partial charge in [-0.3, -0.25) is 4.79 Å². The maximum atomic E-state index is 12.7. The molecule has 1 aliphatic heterocycles. The highest BCUT2D eigenvalue weighted by Gasteiger charge is 2.35. The van der Waals surface area contributed by atoms with E-state index in [1.807, 2.05) is 30.3 Å². The third-order valence-electron chi connectivity index (χ3n) is 3.81. The number of carbonyl (C=O) groups excluding carboxylic acids is 1. The van der Waals surface area contributed by atoms with Gasteiger partial charge in [0.05, 0.1) is 5.69 Å². The Balaban J connectivity index is 1.91. The van der Waals surface area contributed by atoms with Crippen molar-refractivity contribution in [2.45, 2.75) is 25.8 Å². The summed E-state index contributed by atoms with van der Waals surface area (Å²) in [6.45, 7) is 2.29. The van der Waals surface area contributed by atoms with Crippen LogP contribution in [0.5, 0.6) is 0 Å². The Labute approximate surface area is 132 Å². The number of aromatic nitrogens is 1. The third-order valence-corrected chi connectivity index (χ3v) is 5.00. The fourth-order valence-corrected chi connectivity index (χ4v) is 3.72. The number of hydrogen-bond donors (Lipinski definition) is 1. The molecule has 0 bridgehead atoms. The molecule has 5 nitrogen and oxygen atoms in total. The molecule has 1 fully saturated rings. The van der Waals surface area contributed by atoms with Crippen molar-refractivity contribution in [2.24, 2.45) is 0 Å². The molecule has 2 aromatic rings. The molecule has 1 atom stereocenters. The van der Waals surface area contributed by atoms with Crippen LogP contribution in [-0.2, 0) is 4.79 Å². The second-order valence-corrected chi connectivity index (χ2v) is 6.29. The van der Waals surface area contributed by atoms with E-state index >= 15 is 0 Å². The van der Waals surface area contributed by atoms with Gasteiger partial charge in [0.25, 0.3) is 5.91 Å². The van der Waals surface area contributed by atoms with Gasteiger partial charge in [-0.2, -0.15) is 0 Å². The summed E-state index contributed by atoms with van der Waals surface area (Å²) in [6, 6.07) is 8.96. The second-order valence-electron chi connectivity index (χ2n) is 5.29. The maximum Gasteiger partial charge on any atom is 0.326 e. The first-order chi connectivity index (χ1) is 10.6. The summed E-state index contributed by atoms with van der Waals surface area (Å²) in [4.78, 5) is 30.4. The third kappa shape index (κ3) is 2.62. The van der Waals surface area contributed by atoms with Crippen LogP contribution in [-0.4, -0.2) is 39.5 Å². The lowest BCUT2D eigenvalue weighted by Gasteiger charge is -2.20. The summed E-state index contributed by atoms with van der Waals surface area (Å²) < 4.78 is 0. The Hall–Kier alpha value is -2.21. The van der Waals surface area contributed by atoms with Crippen molar-refractivity contribution in [3.63, 3.8) is 0 Å². The first-order valence-electron chi connectivity index (χ1n) is 7.14. The van der Waals surface area contributed by atoms with Gasteiger partial charge < -0.3 is 10.0 Å². The first-order valence-corrected chi connectivity index (χ1v) is 7.96. The minimum atomic E-state index is -0.934. The van der Waals surface area contributed by atoms with Crippen LogP contribution >= 0.6 is 11.3 Å². The van der Waals surface area contributed by atoms with E-state index in [0.717, 1.165) is 17.0 Å². The van der Waals surface area contributed by atoms with E-state index in [4.69, 9.17) is 0 Å². The molecule has 1 unspecified atom stereocenters. The normalized spacial score (nSPS) is 17.7. The molecule has 1 saturated heterocycles. The van der Waals surface area contributed by atoms with Crippen molar-refractivity contribution >= 4 is 23.2 Å². The van der Waals surface area contributed by atoms with Crippen LogP contribution in [0, 0.1) is 6.92 Å². The van der Waals surface area contributed by atoms with E-state index in [-0.39, 0.29) is 5.91 Å². The Morgan fingerprint density at radius 2 is 2.05 bits per heavy atom. The first kappa shape index (κ1) is 14.7. The summed E-state index contributed by atoms with van der Waals surface area (Å²) in [7, 11) is 0. The van der Waals surface area contributed by atoms with Gasteiger partial charge >= 0.3 is 5.97 Å². The van der Waals surface area contributed by atoms with Gasteiger partial charge in [0.15, 0.2) is 0 Å². The molecule has 2 heterocycles. The Morgan fingerprint density at radius 3 is 2.73 bits per heavy atom. The van der Waals surface area contributed by atoms with Crippen molar-refractivity contribution in [2.75, 3.05) is 6.54 Å². The van der Waals surface area contributed by atoms with E-state index in [2.05, 4.69) is 4.98 Å². The lowest BCUT2D eigenvalue weighted by Crippen LogP contribution is -2.40. The average molecular weight is 316 g/mol. The van der Waals surface area contributed by atoms with Crippen LogP contribution in [0.25, 0.3) is 10.6 Å². The van der Waals surface area contributed by atoms with E-state index < -0.39 is 12.0 Å². The molecule has 1 N–H and O–H groups in total. The topological polar surface area (TPSA) is 70.5 Å². The number of carboxylic acids is 1. The lowest BCUT2D eigenvalue weighted by atomic mass is 10.2. The number of carbonyl (C=O) groups is 2. The van der Waals surface area contributed by atoms with Crippen molar-refractivity contribution in [1.29, 1.82) is 0 Å². The molecule has 0 aliphatic carbocycles. The molecule has 1 aliphatic rings. The molecule has 0 spiro atoms. The van der Waals surface area contributed by atoms with Crippen molar-refractivity contribution in [3.8, 4) is 10.6 Å². The molecule has 3 rings (SSSR count). The van der Waals surface area contributed by atoms with Crippen molar-refractivity contribution in [1.82, 2.24) is 9.88 Å². The number of aliphatic carboxylic acids is 1. The SMILES string of the molecule is Cc1nc(-c2ccccc2)sc1C(=O)N1CCCC1C(=O)O. The zero-order valence-corrected chi connectivity index (χ0v) is 13.0. The molecule has 1 aromatic carbocycles. The average Bonchev–Trinajstić information content (AvgIpc) is 3.14. The van der Waals surface area contributed by atoms with Crippen LogP contribution in [0.15, 0.2) is 30.3 Å². The van der Waals surface area contributed by atoms with Gasteiger partial charge in [0, 0.05) is 12.1 Å². The summed E-state index contributed by atoms with van der Waals surface area (Å²) >= 11 is 1.33. The largest absolute Gasteiger partial charge is 0.480 e. The second kappa shape index (κ2) is 5.88. The molecule has 1 aromatic heterocycles. The van der Waals surface area contributed by atoms with Gasteiger partial charge in [0.2, 0.25) is 0 Å². The quantitative estimate of drug-likeness (QED) is 0.945. The number of rotatable bonds is 3. The summed E-state index contributed by atoms with van der Waals surface area (Å²) in [6.07, 6.45) is 1.25. The van der Waals surface area contributed by atoms with Crippen LogP contribution in [0.2, 0.25) is 0 Å². The Kier molecular flexibility index (Phi) is 3.94. The zero-order chi connectivity index (χ0) is 15.7. The van der Waals surface area contributed by atoms with Gasteiger partial charge in [0.1, 0.15) is 15.9 Å². The molecule has 1 amide bonds. The Morgan fingerprint density at radius 1 is 1.32 bits per heavy atom. The summed E-state index contributed by atoms with van der Waals surface area (Å²) in [5, 5.41) is 10.0. The van der Waals surface area contributed by atoms with Gasteiger partial charge in [-0.1, -0.05) is 30.3 Å². The predicted molar refractivity (Wildman–Crippen MR) is 84.0 cm³/mol.